The Balaban J connectivity index is 1.66. The monoisotopic (exact) mass is 360 g/mol. The maximum atomic E-state index is 12.9. The van der Waals surface area contributed by atoms with Crippen molar-refractivity contribution in [1.29, 1.82) is 0 Å². The highest BCUT2D eigenvalue weighted by Gasteiger charge is 2.32. The van der Waals surface area contributed by atoms with Crippen molar-refractivity contribution in [2.45, 2.75) is 19.5 Å². The first-order chi connectivity index (χ1) is 11.9. The molecule has 128 valence electrons. The molecule has 1 aliphatic heterocycles. The summed E-state index contributed by atoms with van der Waals surface area (Å²) in [6.07, 6.45) is 4.56. The highest BCUT2D eigenvalue weighted by atomic mass is 35.5. The summed E-state index contributed by atoms with van der Waals surface area (Å²) >= 11 is 5.89. The number of carbonyl (C=O) groups excluding carboxylic acids is 1. The van der Waals surface area contributed by atoms with E-state index in [1.54, 1.807) is 21.7 Å². The first-order valence-electron chi connectivity index (χ1n) is 7.56. The van der Waals surface area contributed by atoms with E-state index in [0.29, 0.717) is 29.6 Å². The van der Waals surface area contributed by atoms with Gasteiger partial charge in [-0.2, -0.15) is 5.10 Å². The summed E-state index contributed by atoms with van der Waals surface area (Å²) in [4.78, 5) is 33.8. The van der Waals surface area contributed by atoms with Crippen molar-refractivity contribution in [2.24, 2.45) is 0 Å². The van der Waals surface area contributed by atoms with Gasteiger partial charge in [0.15, 0.2) is 17.0 Å². The summed E-state index contributed by atoms with van der Waals surface area (Å²) in [5, 5.41) is 13.7. The number of carbonyl (C=O) groups is 2. The van der Waals surface area contributed by atoms with E-state index in [9.17, 15) is 9.59 Å². The maximum absolute atomic E-state index is 12.9. The minimum absolute atomic E-state index is 0.0253. The Morgan fingerprint density at radius 2 is 2.08 bits per heavy atom. The van der Waals surface area contributed by atoms with E-state index in [4.69, 9.17) is 16.7 Å². The van der Waals surface area contributed by atoms with Gasteiger partial charge in [0.2, 0.25) is 0 Å². The molecule has 0 spiro atoms. The van der Waals surface area contributed by atoms with Crippen LogP contribution in [-0.2, 0) is 6.54 Å². The van der Waals surface area contributed by atoms with E-state index in [2.05, 4.69) is 15.1 Å². The lowest BCUT2D eigenvalue weighted by molar-refractivity contribution is 0.0631. The number of imidazole rings is 1. The zero-order valence-electron chi connectivity index (χ0n) is 13.1. The summed E-state index contributed by atoms with van der Waals surface area (Å²) < 4.78 is 3.22. The number of aromatic carboxylic acids is 1. The molecule has 0 aliphatic carbocycles. The predicted octanol–water partition coefficient (Wildman–Crippen LogP) is 1.49. The van der Waals surface area contributed by atoms with Crippen molar-refractivity contribution in [1.82, 2.24) is 29.0 Å². The van der Waals surface area contributed by atoms with Crippen LogP contribution < -0.4 is 0 Å². The molecule has 4 heterocycles. The molecular weight excluding hydrogens is 348 g/mol. The van der Waals surface area contributed by atoms with E-state index in [-0.39, 0.29) is 23.3 Å². The van der Waals surface area contributed by atoms with Gasteiger partial charge in [-0.1, -0.05) is 11.6 Å². The lowest BCUT2D eigenvalue weighted by atomic mass is 10.2. The fourth-order valence-electron chi connectivity index (χ4n) is 2.98. The lowest BCUT2D eigenvalue weighted by Crippen LogP contribution is -2.41. The molecule has 3 aromatic rings. The maximum Gasteiger partial charge on any atom is 0.356 e. The fourth-order valence-corrected chi connectivity index (χ4v) is 3.12. The minimum Gasteiger partial charge on any atom is -0.476 e. The number of rotatable bonds is 2. The molecule has 1 amide bonds. The molecule has 0 saturated carbocycles. The van der Waals surface area contributed by atoms with Gasteiger partial charge in [0.1, 0.15) is 5.82 Å². The van der Waals surface area contributed by atoms with Gasteiger partial charge in [0.25, 0.3) is 5.91 Å². The molecule has 9 nitrogen and oxygen atoms in total. The van der Waals surface area contributed by atoms with Crippen LogP contribution in [0.15, 0.2) is 24.7 Å². The Morgan fingerprint density at radius 1 is 1.28 bits per heavy atom. The Bertz CT molecular complexity index is 1010. The van der Waals surface area contributed by atoms with Gasteiger partial charge in [-0.25, -0.2) is 19.3 Å². The van der Waals surface area contributed by atoms with Crippen molar-refractivity contribution in [3.8, 4) is 0 Å². The van der Waals surface area contributed by atoms with Gasteiger partial charge in [-0.15, -0.1) is 0 Å². The van der Waals surface area contributed by atoms with Gasteiger partial charge in [0, 0.05) is 31.5 Å². The Labute approximate surface area is 146 Å². The van der Waals surface area contributed by atoms with Crippen molar-refractivity contribution in [2.75, 3.05) is 6.54 Å². The molecule has 1 aliphatic rings. The molecule has 25 heavy (non-hydrogen) atoms. The van der Waals surface area contributed by atoms with E-state index in [1.165, 1.54) is 16.9 Å². The number of hydrogen-bond donors (Lipinski definition) is 1. The normalized spacial score (nSPS) is 16.9. The van der Waals surface area contributed by atoms with Crippen molar-refractivity contribution >= 4 is 29.1 Å². The quantitative estimate of drug-likeness (QED) is 0.742. The van der Waals surface area contributed by atoms with Crippen molar-refractivity contribution in [3.63, 3.8) is 0 Å². The molecule has 0 fully saturated rings. The fraction of sp³-hybridized carbons (Fsp3) is 0.267. The van der Waals surface area contributed by atoms with Gasteiger partial charge in [0.05, 0.1) is 17.3 Å². The number of halogens is 1. The second kappa shape index (κ2) is 5.55. The minimum atomic E-state index is -1.09. The molecule has 4 rings (SSSR count). The van der Waals surface area contributed by atoms with Crippen LogP contribution in [0.5, 0.6) is 0 Å². The third-order valence-electron chi connectivity index (χ3n) is 4.21. The van der Waals surface area contributed by atoms with Crippen LogP contribution in [0.2, 0.25) is 5.02 Å². The van der Waals surface area contributed by atoms with E-state index in [0.717, 1.165) is 0 Å². The van der Waals surface area contributed by atoms with Crippen LogP contribution in [0.4, 0.5) is 0 Å². The Kier molecular flexibility index (Phi) is 3.46. The lowest BCUT2D eigenvalue weighted by Gasteiger charge is -2.33. The van der Waals surface area contributed by atoms with Crippen molar-refractivity contribution in [3.05, 3.63) is 46.9 Å². The average molecular weight is 361 g/mol. The Morgan fingerprint density at radius 3 is 2.84 bits per heavy atom. The molecule has 1 atom stereocenters. The van der Waals surface area contributed by atoms with E-state index >= 15 is 0 Å². The first kappa shape index (κ1) is 15.6. The highest BCUT2D eigenvalue weighted by molar-refractivity contribution is 6.30. The number of carboxylic acids is 1. The summed E-state index contributed by atoms with van der Waals surface area (Å²) in [7, 11) is 0. The molecule has 0 bridgehead atoms. The summed E-state index contributed by atoms with van der Waals surface area (Å²) in [6.45, 7) is 2.72. The molecule has 0 aromatic carbocycles. The smallest absolute Gasteiger partial charge is 0.356 e. The summed E-state index contributed by atoms with van der Waals surface area (Å²) in [5.74, 6) is -0.808. The largest absolute Gasteiger partial charge is 0.476 e. The van der Waals surface area contributed by atoms with Crippen LogP contribution in [-0.4, -0.2) is 52.6 Å². The van der Waals surface area contributed by atoms with Crippen LogP contribution in [0.3, 0.4) is 0 Å². The van der Waals surface area contributed by atoms with Crippen LogP contribution in [0.1, 0.15) is 39.8 Å². The molecule has 0 saturated heterocycles. The van der Waals surface area contributed by atoms with Crippen LogP contribution in [0.25, 0.3) is 5.65 Å². The SMILES string of the molecule is CC1c2nc(C(=O)O)cn2CCN1C(=O)c1cc2ncc(Cl)cn2n1. The molecule has 10 heteroatoms. The summed E-state index contributed by atoms with van der Waals surface area (Å²) in [6, 6.07) is 1.23. The predicted molar refractivity (Wildman–Crippen MR) is 86.6 cm³/mol. The number of hydrogen-bond acceptors (Lipinski definition) is 5. The van der Waals surface area contributed by atoms with Gasteiger partial charge >= 0.3 is 5.97 Å². The second-order valence-electron chi connectivity index (χ2n) is 5.76. The number of amides is 1. The third-order valence-corrected chi connectivity index (χ3v) is 4.41. The van der Waals surface area contributed by atoms with Crippen molar-refractivity contribution < 1.29 is 14.7 Å². The highest BCUT2D eigenvalue weighted by Crippen LogP contribution is 2.26. The zero-order valence-corrected chi connectivity index (χ0v) is 13.9. The molecular formula is C15H13ClN6O3. The van der Waals surface area contributed by atoms with E-state index in [1.807, 2.05) is 6.92 Å². The average Bonchev–Trinajstić information content (AvgIpc) is 3.18. The Hall–Kier alpha value is -2.94. The van der Waals surface area contributed by atoms with Gasteiger partial charge < -0.3 is 14.6 Å². The number of carboxylic acid groups (broad SMARTS) is 1. The number of fused-ring (bicyclic) bond motifs is 2. The van der Waals surface area contributed by atoms with Crippen LogP contribution >= 0.6 is 11.6 Å². The second-order valence-corrected chi connectivity index (χ2v) is 6.20. The molecule has 1 unspecified atom stereocenters. The number of nitrogens with zero attached hydrogens (tertiary/aromatic N) is 6. The van der Waals surface area contributed by atoms with Gasteiger partial charge in [-0.3, -0.25) is 4.79 Å². The standard InChI is InChI=1S/C15H13ClN6O3/c1-8-13-18-11(15(24)25)7-20(13)2-3-21(8)14(23)10-4-12-17-5-9(16)6-22(12)19-10/h4-8H,2-3H2,1H3,(H,24,25). The topological polar surface area (TPSA) is 106 Å². The van der Waals surface area contributed by atoms with Gasteiger partial charge in [-0.05, 0) is 6.92 Å². The summed E-state index contributed by atoms with van der Waals surface area (Å²) in [5.41, 5.74) is 0.745. The van der Waals surface area contributed by atoms with Crippen LogP contribution in [0, 0.1) is 0 Å². The molecule has 0 radical (unpaired) electrons. The molecule has 1 N–H and O–H groups in total. The zero-order chi connectivity index (χ0) is 17.7. The molecule has 3 aromatic heterocycles. The number of aromatic nitrogens is 5. The first-order valence-corrected chi connectivity index (χ1v) is 7.94. The third kappa shape index (κ3) is 2.52. The van der Waals surface area contributed by atoms with E-state index < -0.39 is 5.97 Å².